The number of carbonyl (C=O) groups is 1. The summed E-state index contributed by atoms with van der Waals surface area (Å²) >= 11 is 6.11. The smallest absolute Gasteiger partial charge is 0.239 e. The first-order valence-corrected chi connectivity index (χ1v) is 9.30. The number of amides is 1. The van der Waals surface area contributed by atoms with Crippen molar-refractivity contribution in [3.63, 3.8) is 0 Å². The highest BCUT2D eigenvalue weighted by molar-refractivity contribution is 6.31. The van der Waals surface area contributed by atoms with Gasteiger partial charge in [-0.3, -0.25) is 15.1 Å². The van der Waals surface area contributed by atoms with Crippen molar-refractivity contribution < 1.29 is 18.1 Å². The normalized spacial score (nSPS) is 10.8. The molecule has 2 aromatic carbocycles. The van der Waals surface area contributed by atoms with E-state index < -0.39 is 17.5 Å². The summed E-state index contributed by atoms with van der Waals surface area (Å²) < 4.78 is 33.5. The summed E-state index contributed by atoms with van der Waals surface area (Å²) in [6, 6.07) is 14.0. The molecule has 1 N–H and O–H groups in total. The topological polar surface area (TPSA) is 68.0 Å². The van der Waals surface area contributed by atoms with E-state index in [1.165, 1.54) is 24.5 Å². The van der Waals surface area contributed by atoms with Crippen molar-refractivity contribution in [1.29, 1.82) is 0 Å². The summed E-state index contributed by atoms with van der Waals surface area (Å²) in [6.45, 7) is 0. The standard InChI is InChI=1S/C22H14ClF2N3O2/c23-16-6-2-1-4-14(16)12-18(29)27-22-19(13-8-10-26-11-9-13)21(28-30-22)15-5-3-7-17(24)20(15)25/h1-11H,12H2,(H,27,29). The first-order valence-electron chi connectivity index (χ1n) is 8.92. The third-order valence-corrected chi connectivity index (χ3v) is 4.80. The summed E-state index contributed by atoms with van der Waals surface area (Å²) in [4.78, 5) is 16.5. The van der Waals surface area contributed by atoms with Crippen LogP contribution in [0.3, 0.4) is 0 Å². The van der Waals surface area contributed by atoms with Crippen LogP contribution in [0.15, 0.2) is 71.5 Å². The van der Waals surface area contributed by atoms with Crippen molar-refractivity contribution in [2.75, 3.05) is 5.32 Å². The van der Waals surface area contributed by atoms with Gasteiger partial charge in [-0.1, -0.05) is 41.0 Å². The Bertz CT molecular complexity index is 1210. The van der Waals surface area contributed by atoms with E-state index in [1.54, 1.807) is 36.4 Å². The van der Waals surface area contributed by atoms with Gasteiger partial charge in [0.25, 0.3) is 0 Å². The predicted molar refractivity (Wildman–Crippen MR) is 109 cm³/mol. The Morgan fingerprint density at radius 1 is 1.03 bits per heavy atom. The van der Waals surface area contributed by atoms with Crippen LogP contribution in [0.1, 0.15) is 5.56 Å². The highest BCUT2D eigenvalue weighted by Gasteiger charge is 2.24. The Balaban J connectivity index is 1.74. The van der Waals surface area contributed by atoms with Crippen molar-refractivity contribution in [1.82, 2.24) is 10.1 Å². The van der Waals surface area contributed by atoms with Crippen LogP contribution in [0.4, 0.5) is 14.7 Å². The van der Waals surface area contributed by atoms with E-state index in [0.29, 0.717) is 21.7 Å². The van der Waals surface area contributed by atoms with Crippen LogP contribution in [0.5, 0.6) is 0 Å². The van der Waals surface area contributed by atoms with E-state index in [1.807, 2.05) is 0 Å². The molecule has 0 spiro atoms. The van der Waals surface area contributed by atoms with Crippen LogP contribution in [0.25, 0.3) is 22.4 Å². The van der Waals surface area contributed by atoms with Crippen molar-refractivity contribution >= 4 is 23.4 Å². The average molecular weight is 426 g/mol. The molecule has 2 aromatic heterocycles. The first kappa shape index (κ1) is 19.7. The molecule has 0 unspecified atom stereocenters. The van der Waals surface area contributed by atoms with E-state index in [0.717, 1.165) is 6.07 Å². The second-order valence-corrected chi connectivity index (χ2v) is 6.80. The average Bonchev–Trinajstić information content (AvgIpc) is 3.15. The van der Waals surface area contributed by atoms with Gasteiger partial charge in [0.1, 0.15) is 5.69 Å². The molecule has 4 aromatic rings. The summed E-state index contributed by atoms with van der Waals surface area (Å²) in [5, 5.41) is 7.01. The Kier molecular flexibility index (Phi) is 5.54. The van der Waals surface area contributed by atoms with Gasteiger partial charge < -0.3 is 4.52 Å². The van der Waals surface area contributed by atoms with Crippen LogP contribution in [0, 0.1) is 11.6 Å². The lowest BCUT2D eigenvalue weighted by Crippen LogP contribution is -2.14. The maximum absolute atomic E-state index is 14.4. The number of anilines is 1. The van der Waals surface area contributed by atoms with E-state index in [2.05, 4.69) is 15.5 Å². The molecule has 0 fully saturated rings. The minimum atomic E-state index is -1.06. The quantitative estimate of drug-likeness (QED) is 0.457. The number of pyridine rings is 1. The summed E-state index contributed by atoms with van der Waals surface area (Å²) in [7, 11) is 0. The molecule has 2 heterocycles. The molecule has 0 atom stereocenters. The van der Waals surface area contributed by atoms with Gasteiger partial charge in [0, 0.05) is 23.0 Å². The first-order chi connectivity index (χ1) is 14.5. The maximum atomic E-state index is 14.4. The van der Waals surface area contributed by atoms with E-state index in [-0.39, 0.29) is 23.6 Å². The molecule has 8 heteroatoms. The zero-order valence-corrected chi connectivity index (χ0v) is 16.2. The number of nitrogens with zero attached hydrogens (tertiary/aromatic N) is 2. The van der Waals surface area contributed by atoms with Crippen molar-refractivity contribution in [2.45, 2.75) is 6.42 Å². The summed E-state index contributed by atoms with van der Waals surface area (Å²) in [5.74, 6) is -2.46. The molecule has 0 aliphatic carbocycles. The van der Waals surface area contributed by atoms with Crippen molar-refractivity contribution in [3.8, 4) is 22.4 Å². The number of halogens is 3. The van der Waals surface area contributed by atoms with Gasteiger partial charge in [0.2, 0.25) is 11.8 Å². The number of rotatable bonds is 5. The molecular weight excluding hydrogens is 412 g/mol. The molecule has 0 bridgehead atoms. The van der Waals surface area contributed by atoms with Gasteiger partial charge >= 0.3 is 0 Å². The molecule has 0 saturated heterocycles. The molecule has 0 radical (unpaired) electrons. The Morgan fingerprint density at radius 3 is 2.57 bits per heavy atom. The fraction of sp³-hybridized carbons (Fsp3) is 0.0455. The SMILES string of the molecule is O=C(Cc1ccccc1Cl)Nc1onc(-c2cccc(F)c2F)c1-c1ccncc1. The highest BCUT2D eigenvalue weighted by Crippen LogP contribution is 2.39. The number of nitrogens with one attached hydrogen (secondary N) is 1. The zero-order valence-electron chi connectivity index (χ0n) is 15.4. The maximum Gasteiger partial charge on any atom is 0.239 e. The Morgan fingerprint density at radius 2 is 1.80 bits per heavy atom. The summed E-state index contributed by atoms with van der Waals surface area (Å²) in [5.41, 5.74) is 1.49. The number of carbonyl (C=O) groups excluding carboxylic acids is 1. The molecule has 0 aliphatic heterocycles. The van der Waals surface area contributed by atoms with Gasteiger partial charge in [-0.25, -0.2) is 8.78 Å². The van der Waals surface area contributed by atoms with Crippen molar-refractivity contribution in [3.05, 3.63) is 89.2 Å². The predicted octanol–water partition coefficient (Wildman–Crippen LogP) is 5.52. The lowest BCUT2D eigenvalue weighted by Gasteiger charge is -2.08. The number of hydrogen-bond acceptors (Lipinski definition) is 4. The Hall–Kier alpha value is -3.58. The second kappa shape index (κ2) is 8.42. The number of hydrogen-bond donors (Lipinski definition) is 1. The third kappa shape index (κ3) is 3.92. The minimum Gasteiger partial charge on any atom is -0.337 e. The van der Waals surface area contributed by atoms with Crippen LogP contribution < -0.4 is 5.32 Å². The van der Waals surface area contributed by atoms with Crippen molar-refractivity contribution in [2.24, 2.45) is 0 Å². The van der Waals surface area contributed by atoms with E-state index in [9.17, 15) is 13.6 Å². The van der Waals surface area contributed by atoms with Crippen LogP contribution in [-0.2, 0) is 11.2 Å². The molecule has 0 aliphatic rings. The van der Waals surface area contributed by atoms with Gasteiger partial charge in [-0.05, 0) is 41.5 Å². The molecule has 30 heavy (non-hydrogen) atoms. The molecular formula is C22H14ClF2N3O2. The van der Waals surface area contributed by atoms with Crippen LogP contribution in [-0.4, -0.2) is 16.0 Å². The zero-order chi connectivity index (χ0) is 21.1. The third-order valence-electron chi connectivity index (χ3n) is 4.43. The molecule has 1 amide bonds. The van der Waals surface area contributed by atoms with E-state index >= 15 is 0 Å². The van der Waals surface area contributed by atoms with Gasteiger partial charge in [0.15, 0.2) is 11.6 Å². The van der Waals surface area contributed by atoms with Crippen LogP contribution in [0.2, 0.25) is 5.02 Å². The highest BCUT2D eigenvalue weighted by atomic mass is 35.5. The second-order valence-electron chi connectivity index (χ2n) is 6.39. The molecule has 150 valence electrons. The lowest BCUT2D eigenvalue weighted by molar-refractivity contribution is -0.115. The monoisotopic (exact) mass is 425 g/mol. The van der Waals surface area contributed by atoms with E-state index in [4.69, 9.17) is 16.1 Å². The van der Waals surface area contributed by atoms with Gasteiger partial charge in [-0.15, -0.1) is 0 Å². The number of aromatic nitrogens is 2. The molecule has 0 saturated carbocycles. The van der Waals surface area contributed by atoms with Gasteiger partial charge in [0.05, 0.1) is 12.0 Å². The Labute approximate surface area is 175 Å². The van der Waals surface area contributed by atoms with Gasteiger partial charge in [-0.2, -0.15) is 0 Å². The number of benzene rings is 2. The van der Waals surface area contributed by atoms with Crippen LogP contribution >= 0.6 is 11.6 Å². The summed E-state index contributed by atoms with van der Waals surface area (Å²) in [6.07, 6.45) is 3.06. The molecule has 5 nitrogen and oxygen atoms in total. The fourth-order valence-corrected chi connectivity index (χ4v) is 3.22. The largest absolute Gasteiger partial charge is 0.337 e. The molecule has 4 rings (SSSR count). The lowest BCUT2D eigenvalue weighted by atomic mass is 10.0. The minimum absolute atomic E-state index is 0.000180. The fourth-order valence-electron chi connectivity index (χ4n) is 3.02.